The molecule has 0 unspecified atom stereocenters. The lowest BCUT2D eigenvalue weighted by molar-refractivity contribution is -0.137. The van der Waals surface area contributed by atoms with Crippen LogP contribution in [0.15, 0.2) is 79.1 Å². The Labute approximate surface area is 231 Å². The van der Waals surface area contributed by atoms with Gasteiger partial charge >= 0.3 is 0 Å². The Morgan fingerprint density at radius 1 is 0.900 bits per heavy atom. The molecule has 40 heavy (non-hydrogen) atoms. The van der Waals surface area contributed by atoms with Gasteiger partial charge in [0.15, 0.2) is 0 Å². The maximum atomic E-state index is 13.7. The van der Waals surface area contributed by atoms with E-state index in [1.54, 1.807) is 17.9 Å². The maximum Gasteiger partial charge on any atom is 0.228 e. The molecular weight excluding hydrogens is 503 g/mol. The molecule has 2 N–H and O–H groups in total. The average Bonchev–Trinajstić information content (AvgIpc) is 3.70. The molecule has 2 aliphatic heterocycles. The molecule has 0 aliphatic carbocycles. The number of carbonyl (C=O) groups excluding carboxylic acids is 2. The second-order valence-corrected chi connectivity index (χ2v) is 11.2. The number of para-hydroxylation sites is 2. The highest BCUT2D eigenvalue weighted by Gasteiger charge is 2.44. The zero-order valence-corrected chi connectivity index (χ0v) is 22.4. The zero-order valence-electron chi connectivity index (χ0n) is 22.4. The van der Waals surface area contributed by atoms with Crippen molar-refractivity contribution in [1.29, 1.82) is 0 Å². The number of halogens is 1. The summed E-state index contributed by atoms with van der Waals surface area (Å²) in [4.78, 5) is 37.2. The molecule has 2 aliphatic rings. The van der Waals surface area contributed by atoms with E-state index in [0.29, 0.717) is 30.9 Å². The van der Waals surface area contributed by atoms with Crippen molar-refractivity contribution < 1.29 is 14.0 Å². The van der Waals surface area contributed by atoms with E-state index in [4.69, 9.17) is 0 Å². The number of benzene rings is 3. The molecule has 7 rings (SSSR count). The van der Waals surface area contributed by atoms with Gasteiger partial charge in [-0.15, -0.1) is 0 Å². The minimum absolute atomic E-state index is 0.0297. The van der Waals surface area contributed by atoms with Crippen molar-refractivity contribution in [1.82, 2.24) is 14.9 Å². The molecule has 2 aromatic heterocycles. The molecule has 0 bridgehead atoms. The number of piperidine rings is 1. The SMILES string of the molecule is Cc1cc(F)ccc1N1C[C@H](C(=O)N2CCC(c3c[nH]c4ccccc34)(c3c[nH]c4ccccc34)CC2)CC1=O. The number of aromatic amines is 2. The van der Waals surface area contributed by atoms with E-state index in [-0.39, 0.29) is 29.5 Å². The third kappa shape index (κ3) is 3.83. The highest BCUT2D eigenvalue weighted by atomic mass is 19.1. The Bertz CT molecular complexity index is 1680. The molecule has 4 heterocycles. The molecule has 0 spiro atoms. The fourth-order valence-electron chi connectivity index (χ4n) is 7.01. The molecule has 7 heteroatoms. The van der Waals surface area contributed by atoms with E-state index in [1.807, 2.05) is 17.0 Å². The predicted molar refractivity (Wildman–Crippen MR) is 155 cm³/mol. The van der Waals surface area contributed by atoms with E-state index >= 15 is 0 Å². The van der Waals surface area contributed by atoms with Crippen LogP contribution in [-0.4, -0.2) is 46.3 Å². The van der Waals surface area contributed by atoms with Crippen LogP contribution in [0.5, 0.6) is 0 Å². The number of rotatable bonds is 4. The minimum Gasteiger partial charge on any atom is -0.361 e. The molecule has 2 saturated heterocycles. The Morgan fingerprint density at radius 2 is 1.50 bits per heavy atom. The van der Waals surface area contributed by atoms with Gasteiger partial charge in [-0.3, -0.25) is 9.59 Å². The van der Waals surface area contributed by atoms with Crippen LogP contribution < -0.4 is 4.90 Å². The van der Waals surface area contributed by atoms with Gasteiger partial charge in [-0.25, -0.2) is 4.39 Å². The van der Waals surface area contributed by atoms with Gasteiger partial charge < -0.3 is 19.8 Å². The highest BCUT2D eigenvalue weighted by molar-refractivity contribution is 6.01. The van der Waals surface area contributed by atoms with Crippen molar-refractivity contribution in [3.63, 3.8) is 0 Å². The van der Waals surface area contributed by atoms with Gasteiger partial charge in [0, 0.05) is 71.4 Å². The summed E-state index contributed by atoms with van der Waals surface area (Å²) >= 11 is 0. The van der Waals surface area contributed by atoms with Crippen LogP contribution in [-0.2, 0) is 15.0 Å². The monoisotopic (exact) mass is 534 g/mol. The van der Waals surface area contributed by atoms with Crippen molar-refractivity contribution in [2.45, 2.75) is 31.6 Å². The number of aromatic nitrogens is 2. The molecule has 2 fully saturated rings. The number of amides is 2. The first-order chi connectivity index (χ1) is 19.4. The van der Waals surface area contributed by atoms with E-state index in [2.05, 4.69) is 58.8 Å². The summed E-state index contributed by atoms with van der Waals surface area (Å²) in [6.45, 7) is 3.34. The number of likely N-dealkylation sites (tertiary alicyclic amines) is 1. The Hall–Kier alpha value is -4.39. The van der Waals surface area contributed by atoms with Crippen molar-refractivity contribution >= 4 is 39.3 Å². The molecule has 0 radical (unpaired) electrons. The van der Waals surface area contributed by atoms with Crippen LogP contribution in [0.1, 0.15) is 36.0 Å². The molecule has 202 valence electrons. The highest BCUT2D eigenvalue weighted by Crippen LogP contribution is 2.47. The largest absolute Gasteiger partial charge is 0.361 e. The molecular formula is C33H31FN4O2. The summed E-state index contributed by atoms with van der Waals surface area (Å²) in [7, 11) is 0. The standard InChI is InChI=1S/C33H31FN4O2/c1-21-16-23(34)10-11-30(21)38-20-22(17-31(38)39)32(40)37-14-12-33(13-15-37,26-18-35-28-8-4-2-6-24(26)28)27-19-36-29-9-5-3-7-25(27)29/h2-11,16,18-19,22,35-36H,12-15,17,20H2,1H3/t22-/m1/s1. The number of hydrogen-bond acceptors (Lipinski definition) is 2. The van der Waals surface area contributed by atoms with Crippen molar-refractivity contribution in [3.05, 3.63) is 102 Å². The molecule has 3 aromatic carbocycles. The van der Waals surface area contributed by atoms with Crippen molar-refractivity contribution in [3.8, 4) is 0 Å². The molecule has 2 amide bonds. The molecule has 5 aromatic rings. The summed E-state index contributed by atoms with van der Waals surface area (Å²) < 4.78 is 13.7. The number of hydrogen-bond donors (Lipinski definition) is 2. The number of H-pyrrole nitrogens is 2. The van der Waals surface area contributed by atoms with Crippen LogP contribution >= 0.6 is 0 Å². The maximum absolute atomic E-state index is 13.7. The first-order valence-electron chi connectivity index (χ1n) is 13.9. The Morgan fingerprint density at radius 3 is 2.10 bits per heavy atom. The van der Waals surface area contributed by atoms with Crippen LogP contribution in [0.3, 0.4) is 0 Å². The van der Waals surface area contributed by atoms with Crippen molar-refractivity contribution in [2.75, 3.05) is 24.5 Å². The third-order valence-electron chi connectivity index (χ3n) is 9.06. The lowest BCUT2D eigenvalue weighted by Gasteiger charge is -2.43. The zero-order chi connectivity index (χ0) is 27.4. The normalized spacial score (nSPS) is 19.1. The molecule has 0 saturated carbocycles. The van der Waals surface area contributed by atoms with E-state index in [9.17, 15) is 14.0 Å². The summed E-state index contributed by atoms with van der Waals surface area (Å²) in [5.41, 5.74) is 5.84. The minimum atomic E-state index is -0.398. The predicted octanol–water partition coefficient (Wildman–Crippen LogP) is 6.06. The van der Waals surface area contributed by atoms with Gasteiger partial charge in [0.25, 0.3) is 0 Å². The fraction of sp³-hybridized carbons (Fsp3) is 0.273. The molecule has 1 atom stereocenters. The summed E-state index contributed by atoms with van der Waals surface area (Å²) in [5.74, 6) is -0.785. The van der Waals surface area contributed by atoms with Crippen molar-refractivity contribution in [2.24, 2.45) is 5.92 Å². The van der Waals surface area contributed by atoms with Gasteiger partial charge in [-0.2, -0.15) is 0 Å². The number of nitrogens with zero attached hydrogens (tertiary/aromatic N) is 2. The van der Waals surface area contributed by atoms with Crippen LogP contribution in [0, 0.1) is 18.7 Å². The third-order valence-corrected chi connectivity index (χ3v) is 9.06. The Kier molecular flexibility index (Phi) is 5.77. The van der Waals surface area contributed by atoms with Gasteiger partial charge in [-0.05, 0) is 66.8 Å². The van der Waals surface area contributed by atoms with Gasteiger partial charge in [0.05, 0.1) is 5.92 Å². The van der Waals surface area contributed by atoms with E-state index in [1.165, 1.54) is 34.0 Å². The second kappa shape index (κ2) is 9.37. The fourth-order valence-corrected chi connectivity index (χ4v) is 7.01. The summed E-state index contributed by atoms with van der Waals surface area (Å²) in [6.07, 6.45) is 6.03. The summed E-state index contributed by atoms with van der Waals surface area (Å²) in [5, 5.41) is 2.42. The smallest absolute Gasteiger partial charge is 0.228 e. The number of nitrogens with one attached hydrogen (secondary N) is 2. The van der Waals surface area contributed by atoms with Gasteiger partial charge in [-0.1, -0.05) is 36.4 Å². The average molecular weight is 535 g/mol. The number of aryl methyl sites for hydroxylation is 1. The summed E-state index contributed by atoms with van der Waals surface area (Å²) in [6, 6.07) is 21.2. The van der Waals surface area contributed by atoms with E-state index in [0.717, 1.165) is 23.9 Å². The Balaban J connectivity index is 1.18. The number of carbonyl (C=O) groups is 2. The van der Waals surface area contributed by atoms with Gasteiger partial charge in [0.2, 0.25) is 11.8 Å². The number of fused-ring (bicyclic) bond motifs is 2. The van der Waals surface area contributed by atoms with Crippen LogP contribution in [0.4, 0.5) is 10.1 Å². The van der Waals surface area contributed by atoms with Crippen LogP contribution in [0.25, 0.3) is 21.8 Å². The van der Waals surface area contributed by atoms with E-state index < -0.39 is 5.92 Å². The quantitative estimate of drug-likeness (QED) is 0.294. The van der Waals surface area contributed by atoms with Crippen LogP contribution in [0.2, 0.25) is 0 Å². The number of anilines is 1. The second-order valence-electron chi connectivity index (χ2n) is 11.2. The lowest BCUT2D eigenvalue weighted by Crippen LogP contribution is -2.47. The molecule has 6 nitrogen and oxygen atoms in total. The lowest BCUT2D eigenvalue weighted by atomic mass is 9.67. The topological polar surface area (TPSA) is 72.2 Å². The van der Waals surface area contributed by atoms with Gasteiger partial charge in [0.1, 0.15) is 5.82 Å². The first kappa shape index (κ1) is 24.6. The first-order valence-corrected chi connectivity index (χ1v) is 13.9.